The first kappa shape index (κ1) is 7.34. The molecule has 2 atom stereocenters. The van der Waals surface area contributed by atoms with Gasteiger partial charge in [-0.25, -0.2) is 0 Å². The Morgan fingerprint density at radius 2 is 2.23 bits per heavy atom. The zero-order valence-electron chi connectivity index (χ0n) is 7.66. The fourth-order valence-corrected chi connectivity index (χ4v) is 2.61. The number of benzene rings is 1. The lowest BCUT2D eigenvalue weighted by atomic mass is 9.94. The normalized spacial score (nSPS) is 33.8. The number of allylic oxidation sites excluding steroid dienone is 1. The Bertz CT molecular complexity index is 380. The molecule has 2 unspecified atom stereocenters. The summed E-state index contributed by atoms with van der Waals surface area (Å²) in [7, 11) is 1.80. The van der Waals surface area contributed by atoms with E-state index in [0.29, 0.717) is 5.92 Å². The van der Waals surface area contributed by atoms with Gasteiger partial charge in [0, 0.05) is 13.0 Å². The highest BCUT2D eigenvalue weighted by Gasteiger charge is 2.45. The molecule has 1 aromatic rings. The lowest BCUT2D eigenvalue weighted by molar-refractivity contribution is 0.0351. The van der Waals surface area contributed by atoms with Gasteiger partial charge in [0.25, 0.3) is 0 Å². The maximum absolute atomic E-state index is 5.63. The van der Waals surface area contributed by atoms with E-state index in [2.05, 4.69) is 36.4 Å². The van der Waals surface area contributed by atoms with E-state index in [1.807, 2.05) is 0 Å². The fourth-order valence-electron chi connectivity index (χ4n) is 2.61. The van der Waals surface area contributed by atoms with Crippen molar-refractivity contribution in [2.45, 2.75) is 17.9 Å². The van der Waals surface area contributed by atoms with Crippen LogP contribution in [0.25, 0.3) is 0 Å². The van der Waals surface area contributed by atoms with Gasteiger partial charge >= 0.3 is 0 Å². The van der Waals surface area contributed by atoms with Crippen molar-refractivity contribution in [1.82, 2.24) is 0 Å². The standard InChI is InChI=1S/C12H12O/c1-13-12-7-6-9(8-12)10-4-2-3-5-11(10)12/h2-7,9H,8H2,1H3. The molecule has 1 heteroatoms. The first-order valence-electron chi connectivity index (χ1n) is 4.70. The molecule has 0 aliphatic heterocycles. The molecular weight excluding hydrogens is 160 g/mol. The summed E-state index contributed by atoms with van der Waals surface area (Å²) in [4.78, 5) is 0. The summed E-state index contributed by atoms with van der Waals surface area (Å²) >= 11 is 0. The van der Waals surface area contributed by atoms with Gasteiger partial charge in [0.05, 0.1) is 0 Å². The van der Waals surface area contributed by atoms with Crippen molar-refractivity contribution >= 4 is 0 Å². The molecule has 0 fully saturated rings. The Morgan fingerprint density at radius 1 is 1.38 bits per heavy atom. The van der Waals surface area contributed by atoms with Gasteiger partial charge in [-0.1, -0.05) is 36.4 Å². The molecule has 2 aliphatic carbocycles. The van der Waals surface area contributed by atoms with E-state index in [0.717, 1.165) is 6.42 Å². The zero-order valence-corrected chi connectivity index (χ0v) is 7.66. The van der Waals surface area contributed by atoms with Crippen LogP contribution in [0.2, 0.25) is 0 Å². The molecule has 66 valence electrons. The minimum atomic E-state index is -0.0960. The van der Waals surface area contributed by atoms with Crippen LogP contribution in [-0.4, -0.2) is 7.11 Å². The molecule has 0 amide bonds. The van der Waals surface area contributed by atoms with Crippen molar-refractivity contribution in [3.8, 4) is 0 Å². The number of methoxy groups -OCH3 is 1. The quantitative estimate of drug-likeness (QED) is 0.591. The molecule has 0 N–H and O–H groups in total. The van der Waals surface area contributed by atoms with Gasteiger partial charge in [-0.2, -0.15) is 0 Å². The highest BCUT2D eigenvalue weighted by molar-refractivity contribution is 5.50. The molecular formula is C12H12O. The Kier molecular flexibility index (Phi) is 1.26. The summed E-state index contributed by atoms with van der Waals surface area (Å²) in [5.41, 5.74) is 2.72. The molecule has 0 spiro atoms. The third-order valence-corrected chi connectivity index (χ3v) is 3.30. The third-order valence-electron chi connectivity index (χ3n) is 3.30. The molecule has 1 nitrogen and oxygen atoms in total. The van der Waals surface area contributed by atoms with Crippen LogP contribution < -0.4 is 0 Å². The molecule has 1 aromatic carbocycles. The number of fused-ring (bicyclic) bond motifs is 5. The van der Waals surface area contributed by atoms with Crippen LogP contribution in [0.1, 0.15) is 23.5 Å². The van der Waals surface area contributed by atoms with Gasteiger partial charge in [0.2, 0.25) is 0 Å². The maximum Gasteiger partial charge on any atom is 0.112 e. The van der Waals surface area contributed by atoms with E-state index in [1.165, 1.54) is 11.1 Å². The van der Waals surface area contributed by atoms with Crippen LogP contribution in [0.15, 0.2) is 36.4 Å². The topological polar surface area (TPSA) is 9.23 Å². The van der Waals surface area contributed by atoms with Crippen LogP contribution in [-0.2, 0) is 10.3 Å². The Balaban J connectivity index is 2.25. The van der Waals surface area contributed by atoms with Crippen LogP contribution in [0.4, 0.5) is 0 Å². The molecule has 2 aliphatic rings. The number of hydrogen-bond donors (Lipinski definition) is 0. The first-order valence-corrected chi connectivity index (χ1v) is 4.70. The van der Waals surface area contributed by atoms with Crippen LogP contribution in [0.3, 0.4) is 0 Å². The number of hydrogen-bond acceptors (Lipinski definition) is 1. The SMILES string of the molecule is COC12C=CC(C1)c1ccccc12. The summed E-state index contributed by atoms with van der Waals surface area (Å²) in [6.07, 6.45) is 5.58. The third kappa shape index (κ3) is 0.755. The van der Waals surface area contributed by atoms with Crippen molar-refractivity contribution in [3.05, 3.63) is 47.5 Å². The largest absolute Gasteiger partial charge is 0.369 e. The molecule has 0 radical (unpaired) electrons. The lowest BCUT2D eigenvalue weighted by Crippen LogP contribution is -2.20. The van der Waals surface area contributed by atoms with E-state index in [-0.39, 0.29) is 5.60 Å². The highest BCUT2D eigenvalue weighted by atomic mass is 16.5. The summed E-state index contributed by atoms with van der Waals surface area (Å²) in [5.74, 6) is 0.594. The average Bonchev–Trinajstić information content (AvgIpc) is 2.75. The van der Waals surface area contributed by atoms with Crippen molar-refractivity contribution in [2.24, 2.45) is 0 Å². The Hall–Kier alpha value is -1.08. The molecule has 0 saturated carbocycles. The first-order chi connectivity index (χ1) is 6.36. The summed E-state index contributed by atoms with van der Waals surface area (Å²) in [6.45, 7) is 0. The van der Waals surface area contributed by atoms with E-state index in [1.54, 1.807) is 7.11 Å². The second-order valence-corrected chi connectivity index (χ2v) is 3.85. The number of ether oxygens (including phenoxy) is 1. The second-order valence-electron chi connectivity index (χ2n) is 3.85. The minimum Gasteiger partial charge on any atom is -0.369 e. The van der Waals surface area contributed by atoms with Gasteiger partial charge in [-0.15, -0.1) is 0 Å². The summed E-state index contributed by atoms with van der Waals surface area (Å²) in [5, 5.41) is 0. The highest BCUT2D eigenvalue weighted by Crippen LogP contribution is 2.52. The van der Waals surface area contributed by atoms with E-state index in [4.69, 9.17) is 4.74 Å². The fraction of sp³-hybridized carbons (Fsp3) is 0.333. The molecule has 0 heterocycles. The van der Waals surface area contributed by atoms with Gasteiger partial charge < -0.3 is 4.74 Å². The summed E-state index contributed by atoms with van der Waals surface area (Å²) < 4.78 is 5.63. The van der Waals surface area contributed by atoms with Crippen molar-refractivity contribution in [2.75, 3.05) is 7.11 Å². The van der Waals surface area contributed by atoms with Crippen LogP contribution >= 0.6 is 0 Å². The van der Waals surface area contributed by atoms with E-state index < -0.39 is 0 Å². The smallest absolute Gasteiger partial charge is 0.112 e. The summed E-state index contributed by atoms with van der Waals surface area (Å²) in [6, 6.07) is 8.59. The molecule has 0 saturated heterocycles. The van der Waals surface area contributed by atoms with Crippen LogP contribution in [0, 0.1) is 0 Å². The average molecular weight is 172 g/mol. The van der Waals surface area contributed by atoms with E-state index >= 15 is 0 Å². The van der Waals surface area contributed by atoms with Crippen molar-refractivity contribution in [3.63, 3.8) is 0 Å². The molecule has 2 bridgehead atoms. The van der Waals surface area contributed by atoms with Gasteiger partial charge in [-0.3, -0.25) is 0 Å². The monoisotopic (exact) mass is 172 g/mol. The van der Waals surface area contributed by atoms with Gasteiger partial charge in [0.15, 0.2) is 0 Å². The predicted octanol–water partition coefficient (Wildman–Crippen LogP) is 2.59. The molecule has 0 aromatic heterocycles. The van der Waals surface area contributed by atoms with Crippen molar-refractivity contribution < 1.29 is 4.74 Å². The predicted molar refractivity (Wildman–Crippen MR) is 51.6 cm³/mol. The molecule has 13 heavy (non-hydrogen) atoms. The van der Waals surface area contributed by atoms with Crippen molar-refractivity contribution in [1.29, 1.82) is 0 Å². The number of rotatable bonds is 1. The van der Waals surface area contributed by atoms with E-state index in [9.17, 15) is 0 Å². The Labute approximate surface area is 78.0 Å². The second kappa shape index (κ2) is 2.24. The Morgan fingerprint density at radius 3 is 3.08 bits per heavy atom. The minimum absolute atomic E-state index is 0.0960. The molecule has 3 rings (SSSR count). The lowest BCUT2D eigenvalue weighted by Gasteiger charge is -2.23. The van der Waals surface area contributed by atoms with Crippen LogP contribution in [0.5, 0.6) is 0 Å². The zero-order chi connectivity index (χ0) is 8.89. The van der Waals surface area contributed by atoms with Gasteiger partial charge in [-0.05, 0) is 17.5 Å². The maximum atomic E-state index is 5.63. The van der Waals surface area contributed by atoms with Gasteiger partial charge in [0.1, 0.15) is 5.60 Å².